The number of aromatic nitrogens is 3. The molecule has 172 valence electrons. The third-order valence-electron chi connectivity index (χ3n) is 5.50. The summed E-state index contributed by atoms with van der Waals surface area (Å²) in [6.45, 7) is 1.85. The first kappa shape index (κ1) is 22.4. The molecule has 3 aromatic rings. The topological polar surface area (TPSA) is 98.1 Å². The lowest BCUT2D eigenvalue weighted by molar-refractivity contribution is -0.124. The first-order valence-corrected chi connectivity index (χ1v) is 10.4. The highest BCUT2D eigenvalue weighted by molar-refractivity contribution is 5.81. The molecule has 1 aromatic carbocycles. The number of nitrogens with one attached hydrogen (secondary N) is 2. The van der Waals surface area contributed by atoms with Gasteiger partial charge in [0.2, 0.25) is 5.91 Å². The predicted octanol–water partition coefficient (Wildman–Crippen LogP) is 2.65. The molecule has 0 fully saturated rings. The Hall–Kier alpha value is -3.82. The van der Waals surface area contributed by atoms with Crippen LogP contribution in [0.15, 0.2) is 41.5 Å². The van der Waals surface area contributed by atoms with Crippen LogP contribution in [0.4, 0.5) is 14.6 Å². The lowest BCUT2D eigenvalue weighted by Crippen LogP contribution is -2.36. The van der Waals surface area contributed by atoms with Crippen LogP contribution in [0.1, 0.15) is 35.0 Å². The van der Waals surface area contributed by atoms with Crippen molar-refractivity contribution in [2.45, 2.75) is 38.9 Å². The van der Waals surface area contributed by atoms with E-state index in [0.29, 0.717) is 24.1 Å². The first-order valence-electron chi connectivity index (χ1n) is 10.4. The van der Waals surface area contributed by atoms with E-state index in [1.807, 2.05) is 6.07 Å². The van der Waals surface area contributed by atoms with Gasteiger partial charge in [-0.05, 0) is 43.0 Å². The second-order valence-electron chi connectivity index (χ2n) is 7.81. The van der Waals surface area contributed by atoms with Crippen LogP contribution < -0.4 is 20.9 Å². The van der Waals surface area contributed by atoms with Gasteiger partial charge in [0, 0.05) is 30.7 Å². The molecule has 0 saturated heterocycles. The lowest BCUT2D eigenvalue weighted by atomic mass is 10.1. The summed E-state index contributed by atoms with van der Waals surface area (Å²) in [6, 6.07) is 5.25. The number of methoxy groups -OCH3 is 1. The van der Waals surface area contributed by atoms with E-state index in [4.69, 9.17) is 4.74 Å². The number of carbonyl (C=O) groups excluding carboxylic acids is 1. The van der Waals surface area contributed by atoms with Gasteiger partial charge in [0.15, 0.2) is 17.4 Å². The number of benzene rings is 1. The number of pyridine rings is 1. The van der Waals surface area contributed by atoms with Crippen LogP contribution in [0.2, 0.25) is 0 Å². The Balaban J connectivity index is 1.49. The Labute approximate surface area is 188 Å². The second kappa shape index (κ2) is 9.35. The molecule has 0 saturated carbocycles. The number of amides is 1. The monoisotopic (exact) mass is 455 g/mol. The average Bonchev–Trinajstić information content (AvgIpc) is 3.22. The lowest BCUT2D eigenvalue weighted by Gasteiger charge is -2.16. The zero-order chi connectivity index (χ0) is 23.5. The maximum atomic E-state index is 14.3. The molecule has 1 atom stereocenters. The van der Waals surface area contributed by atoms with Crippen molar-refractivity contribution >= 4 is 11.7 Å². The van der Waals surface area contributed by atoms with Crippen molar-refractivity contribution in [2.24, 2.45) is 0 Å². The molecule has 3 heterocycles. The fourth-order valence-electron chi connectivity index (χ4n) is 3.95. The summed E-state index contributed by atoms with van der Waals surface area (Å²) < 4.78 is 34.3. The molecule has 1 aliphatic rings. The molecule has 33 heavy (non-hydrogen) atoms. The van der Waals surface area contributed by atoms with Crippen LogP contribution in [0, 0.1) is 18.6 Å². The Morgan fingerprint density at radius 2 is 2.06 bits per heavy atom. The van der Waals surface area contributed by atoms with E-state index in [1.165, 1.54) is 36.1 Å². The van der Waals surface area contributed by atoms with Gasteiger partial charge in [-0.2, -0.15) is 0 Å². The highest BCUT2D eigenvalue weighted by atomic mass is 19.1. The highest BCUT2D eigenvalue weighted by Gasteiger charge is 2.30. The molecule has 0 radical (unpaired) electrons. The number of ether oxygens (including phenoxy) is 1. The van der Waals surface area contributed by atoms with E-state index >= 15 is 0 Å². The van der Waals surface area contributed by atoms with Gasteiger partial charge >= 0.3 is 0 Å². The first-order chi connectivity index (χ1) is 15.9. The summed E-state index contributed by atoms with van der Waals surface area (Å²) in [6.07, 6.45) is 3.87. The van der Waals surface area contributed by atoms with Crippen molar-refractivity contribution < 1.29 is 18.3 Å². The Bertz CT molecular complexity index is 1240. The predicted molar refractivity (Wildman–Crippen MR) is 117 cm³/mol. The van der Waals surface area contributed by atoms with Crippen molar-refractivity contribution in [3.63, 3.8) is 0 Å². The van der Waals surface area contributed by atoms with Crippen LogP contribution in [-0.2, 0) is 24.3 Å². The molecule has 8 nitrogen and oxygen atoms in total. The minimum absolute atomic E-state index is 0.0342. The maximum Gasteiger partial charge on any atom is 0.294 e. The van der Waals surface area contributed by atoms with E-state index in [2.05, 4.69) is 20.6 Å². The maximum absolute atomic E-state index is 14.3. The van der Waals surface area contributed by atoms with Crippen LogP contribution >= 0.6 is 0 Å². The van der Waals surface area contributed by atoms with Gasteiger partial charge in [-0.3, -0.25) is 19.1 Å². The molecule has 0 aliphatic carbocycles. The third kappa shape index (κ3) is 4.69. The summed E-state index contributed by atoms with van der Waals surface area (Å²) >= 11 is 0. The summed E-state index contributed by atoms with van der Waals surface area (Å²) in [4.78, 5) is 34.0. The van der Waals surface area contributed by atoms with Gasteiger partial charge in [0.05, 0.1) is 19.3 Å². The molecular weight excluding hydrogens is 432 g/mol. The largest absolute Gasteiger partial charge is 0.494 e. The molecule has 10 heteroatoms. The SMILES string of the molecule is COc1ccnc(CNC(=O)[C@@H]2CCc3cnc(NCc4cc(C)cc(F)c4)c(=O)n32)c1F. The summed E-state index contributed by atoms with van der Waals surface area (Å²) in [7, 11) is 1.35. The molecule has 0 unspecified atom stereocenters. The number of halogens is 2. The Morgan fingerprint density at radius 1 is 1.24 bits per heavy atom. The molecule has 2 N–H and O–H groups in total. The van der Waals surface area contributed by atoms with E-state index in [0.717, 1.165) is 5.56 Å². The highest BCUT2D eigenvalue weighted by Crippen LogP contribution is 2.24. The molecular formula is C23H23F2N5O3. The number of rotatable bonds is 7. The standard InChI is InChI=1S/C23H23F2N5O3/c1-13-7-14(9-15(24)8-13)10-27-21-23(32)30-16(11-28-21)3-4-18(30)22(31)29-12-17-20(25)19(33-2)5-6-26-17/h5-9,11,18H,3-4,10,12H2,1-2H3,(H,27,28)(H,29,31)/t18-/m0/s1. The van der Waals surface area contributed by atoms with E-state index in [-0.39, 0.29) is 36.2 Å². The molecule has 0 bridgehead atoms. The Morgan fingerprint density at radius 3 is 2.82 bits per heavy atom. The second-order valence-corrected chi connectivity index (χ2v) is 7.81. The van der Waals surface area contributed by atoms with Crippen molar-refractivity contribution in [1.82, 2.24) is 19.9 Å². The van der Waals surface area contributed by atoms with Crippen molar-refractivity contribution in [3.05, 3.63) is 81.2 Å². The van der Waals surface area contributed by atoms with Crippen LogP contribution in [0.3, 0.4) is 0 Å². The summed E-state index contributed by atoms with van der Waals surface area (Å²) in [5.41, 5.74) is 1.67. The molecule has 2 aromatic heterocycles. The number of aryl methyl sites for hydroxylation is 2. The zero-order valence-corrected chi connectivity index (χ0v) is 18.2. The van der Waals surface area contributed by atoms with Gasteiger partial charge in [-0.25, -0.2) is 13.8 Å². The number of anilines is 1. The summed E-state index contributed by atoms with van der Waals surface area (Å²) in [5.74, 6) is -1.32. The van der Waals surface area contributed by atoms with Crippen LogP contribution in [-0.4, -0.2) is 27.6 Å². The van der Waals surface area contributed by atoms with Crippen LogP contribution in [0.25, 0.3) is 0 Å². The number of hydrogen-bond acceptors (Lipinski definition) is 6. The normalized spacial score (nSPS) is 14.6. The zero-order valence-electron chi connectivity index (χ0n) is 18.2. The van der Waals surface area contributed by atoms with Crippen molar-refractivity contribution in [1.29, 1.82) is 0 Å². The quantitative estimate of drug-likeness (QED) is 0.569. The summed E-state index contributed by atoms with van der Waals surface area (Å²) in [5, 5.41) is 5.59. The van der Waals surface area contributed by atoms with Gasteiger partial charge < -0.3 is 15.4 Å². The molecule has 1 amide bonds. The minimum Gasteiger partial charge on any atom is -0.494 e. The van der Waals surface area contributed by atoms with Crippen molar-refractivity contribution in [2.75, 3.05) is 12.4 Å². The van der Waals surface area contributed by atoms with Crippen LogP contribution in [0.5, 0.6) is 5.75 Å². The number of hydrogen-bond donors (Lipinski definition) is 2. The van der Waals surface area contributed by atoms with E-state index in [9.17, 15) is 18.4 Å². The number of fused-ring (bicyclic) bond motifs is 1. The molecule has 4 rings (SSSR count). The molecule has 1 aliphatic heterocycles. The van der Waals surface area contributed by atoms with Gasteiger partial charge in [0.25, 0.3) is 5.56 Å². The Kier molecular flexibility index (Phi) is 6.34. The van der Waals surface area contributed by atoms with E-state index in [1.54, 1.807) is 13.1 Å². The average molecular weight is 455 g/mol. The third-order valence-corrected chi connectivity index (χ3v) is 5.50. The fraction of sp³-hybridized carbons (Fsp3) is 0.304. The van der Waals surface area contributed by atoms with Crippen molar-refractivity contribution in [3.8, 4) is 5.75 Å². The number of carbonyl (C=O) groups is 1. The molecule has 0 spiro atoms. The van der Waals surface area contributed by atoms with Gasteiger partial charge in [0.1, 0.15) is 11.9 Å². The van der Waals surface area contributed by atoms with Gasteiger partial charge in [-0.1, -0.05) is 6.07 Å². The van der Waals surface area contributed by atoms with Gasteiger partial charge in [-0.15, -0.1) is 0 Å². The fourth-order valence-corrected chi connectivity index (χ4v) is 3.95. The smallest absolute Gasteiger partial charge is 0.294 e. The number of nitrogens with zero attached hydrogens (tertiary/aromatic N) is 3. The van der Waals surface area contributed by atoms with E-state index < -0.39 is 23.3 Å². The minimum atomic E-state index is -0.749.